The number of aromatic nitrogens is 1. The molecule has 26 heavy (non-hydrogen) atoms. The SMILES string of the molecule is O=C1/C(=C/c2cc(Cl)c3ccccc3n2)SC(=S)N1Cc1ccccc1. The average molecular weight is 397 g/mol. The van der Waals surface area contributed by atoms with Crippen LogP contribution in [-0.4, -0.2) is 20.1 Å². The maximum absolute atomic E-state index is 12.8. The molecule has 1 saturated heterocycles. The smallest absolute Gasteiger partial charge is 0.266 e. The molecule has 0 N–H and O–H groups in total. The first-order chi connectivity index (χ1) is 12.6. The van der Waals surface area contributed by atoms with Crippen LogP contribution in [0.15, 0.2) is 65.6 Å². The molecule has 0 atom stereocenters. The summed E-state index contributed by atoms with van der Waals surface area (Å²) in [5.41, 5.74) is 2.48. The molecule has 3 nitrogen and oxygen atoms in total. The highest BCUT2D eigenvalue weighted by Gasteiger charge is 2.32. The lowest BCUT2D eigenvalue weighted by Crippen LogP contribution is -2.27. The summed E-state index contributed by atoms with van der Waals surface area (Å²) in [6, 6.07) is 19.2. The van der Waals surface area contributed by atoms with Gasteiger partial charge in [0.15, 0.2) is 0 Å². The molecule has 0 radical (unpaired) electrons. The fourth-order valence-corrected chi connectivity index (χ4v) is 4.27. The van der Waals surface area contributed by atoms with Crippen LogP contribution >= 0.6 is 35.6 Å². The summed E-state index contributed by atoms with van der Waals surface area (Å²) in [7, 11) is 0. The highest BCUT2D eigenvalue weighted by atomic mass is 35.5. The van der Waals surface area contributed by atoms with E-state index in [9.17, 15) is 4.79 Å². The van der Waals surface area contributed by atoms with E-state index in [1.807, 2.05) is 54.6 Å². The summed E-state index contributed by atoms with van der Waals surface area (Å²) in [5.74, 6) is -0.102. The van der Waals surface area contributed by atoms with Gasteiger partial charge in [-0.2, -0.15) is 0 Å². The number of carbonyl (C=O) groups excluding carboxylic acids is 1. The lowest BCUT2D eigenvalue weighted by atomic mass is 10.2. The molecular formula is C20H13ClN2OS2. The Balaban J connectivity index is 1.64. The van der Waals surface area contributed by atoms with Crippen LogP contribution < -0.4 is 0 Å². The zero-order chi connectivity index (χ0) is 18.1. The van der Waals surface area contributed by atoms with Gasteiger partial charge in [0.1, 0.15) is 4.32 Å². The van der Waals surface area contributed by atoms with Crippen LogP contribution in [0, 0.1) is 0 Å². The maximum atomic E-state index is 12.8. The van der Waals surface area contributed by atoms with Gasteiger partial charge in [0.2, 0.25) is 0 Å². The number of thioether (sulfide) groups is 1. The van der Waals surface area contributed by atoms with E-state index in [1.165, 1.54) is 11.8 Å². The van der Waals surface area contributed by atoms with Crippen LogP contribution in [0.3, 0.4) is 0 Å². The van der Waals surface area contributed by atoms with Crippen LogP contribution in [0.4, 0.5) is 0 Å². The molecule has 2 aromatic carbocycles. The van der Waals surface area contributed by atoms with Gasteiger partial charge in [0, 0.05) is 5.39 Å². The summed E-state index contributed by atoms with van der Waals surface area (Å²) < 4.78 is 0.553. The van der Waals surface area contributed by atoms with Crippen molar-refractivity contribution in [1.82, 2.24) is 9.88 Å². The number of pyridine rings is 1. The second kappa shape index (κ2) is 7.19. The van der Waals surface area contributed by atoms with Gasteiger partial charge in [-0.25, -0.2) is 4.98 Å². The molecule has 0 spiro atoms. The van der Waals surface area contributed by atoms with Crippen molar-refractivity contribution in [3.05, 3.63) is 81.8 Å². The zero-order valence-corrected chi connectivity index (χ0v) is 15.9. The highest BCUT2D eigenvalue weighted by molar-refractivity contribution is 8.26. The Hall–Kier alpha value is -2.21. The standard InChI is InChI=1S/C20H13ClN2OS2/c21-16-10-14(22-17-9-5-4-8-15(16)17)11-18-19(24)23(20(25)26-18)12-13-6-2-1-3-7-13/h1-11H,12H2/b18-11-. The van der Waals surface area contributed by atoms with Crippen LogP contribution in [-0.2, 0) is 11.3 Å². The molecule has 6 heteroatoms. The van der Waals surface area contributed by atoms with Crippen LogP contribution in [0.5, 0.6) is 0 Å². The molecule has 4 rings (SSSR count). The van der Waals surface area contributed by atoms with Crippen molar-refractivity contribution in [3.8, 4) is 0 Å². The van der Waals surface area contributed by atoms with Gasteiger partial charge in [-0.05, 0) is 23.8 Å². The molecule has 0 aliphatic carbocycles. The van der Waals surface area contributed by atoms with E-state index < -0.39 is 0 Å². The van der Waals surface area contributed by atoms with E-state index in [-0.39, 0.29) is 5.91 Å². The van der Waals surface area contributed by atoms with Gasteiger partial charge in [0.25, 0.3) is 5.91 Å². The molecule has 1 amide bonds. The van der Waals surface area contributed by atoms with Gasteiger partial charge in [-0.15, -0.1) is 0 Å². The topological polar surface area (TPSA) is 33.2 Å². The van der Waals surface area contributed by atoms with Crippen molar-refractivity contribution in [1.29, 1.82) is 0 Å². The number of para-hydroxylation sites is 1. The summed E-state index contributed by atoms with van der Waals surface area (Å²) in [6.45, 7) is 0.467. The van der Waals surface area contributed by atoms with Gasteiger partial charge >= 0.3 is 0 Å². The summed E-state index contributed by atoms with van der Waals surface area (Å²) in [6.07, 6.45) is 1.75. The molecule has 3 aromatic rings. The van der Waals surface area contributed by atoms with Crippen molar-refractivity contribution in [2.24, 2.45) is 0 Å². The molecule has 1 aromatic heterocycles. The van der Waals surface area contributed by atoms with Crippen molar-refractivity contribution in [2.75, 3.05) is 0 Å². The largest absolute Gasteiger partial charge is 0.288 e. The Morgan fingerprint density at radius 2 is 1.85 bits per heavy atom. The molecular weight excluding hydrogens is 384 g/mol. The van der Waals surface area contributed by atoms with Crippen LogP contribution in [0.2, 0.25) is 5.02 Å². The Kier molecular flexibility index (Phi) is 4.76. The molecule has 0 unspecified atom stereocenters. The minimum Gasteiger partial charge on any atom is -0.288 e. The quantitative estimate of drug-likeness (QED) is 0.445. The fraction of sp³-hybridized carbons (Fsp3) is 0.0500. The first-order valence-corrected chi connectivity index (χ1v) is 9.57. The van der Waals surface area contributed by atoms with E-state index in [4.69, 9.17) is 23.8 Å². The minimum absolute atomic E-state index is 0.102. The Labute approximate surface area is 165 Å². The summed E-state index contributed by atoms with van der Waals surface area (Å²) >= 11 is 13.0. The fourth-order valence-electron chi connectivity index (χ4n) is 2.76. The van der Waals surface area contributed by atoms with E-state index in [0.29, 0.717) is 26.5 Å². The minimum atomic E-state index is -0.102. The number of fused-ring (bicyclic) bond motifs is 1. The number of rotatable bonds is 3. The summed E-state index contributed by atoms with van der Waals surface area (Å²) in [5, 5.41) is 1.50. The third kappa shape index (κ3) is 3.38. The molecule has 0 bridgehead atoms. The third-order valence-corrected chi connectivity index (χ3v) is 5.71. The molecule has 1 fully saturated rings. The third-order valence-electron chi connectivity index (χ3n) is 4.02. The van der Waals surface area contributed by atoms with Crippen molar-refractivity contribution >= 4 is 62.8 Å². The molecule has 1 aliphatic rings. The Morgan fingerprint density at radius 3 is 2.65 bits per heavy atom. The molecule has 1 aliphatic heterocycles. The van der Waals surface area contributed by atoms with Gasteiger partial charge < -0.3 is 0 Å². The maximum Gasteiger partial charge on any atom is 0.266 e. The average Bonchev–Trinajstić information content (AvgIpc) is 2.90. The predicted octanol–water partition coefficient (Wildman–Crippen LogP) is 5.29. The number of amides is 1. The Bertz CT molecular complexity index is 1050. The van der Waals surface area contributed by atoms with Gasteiger partial charge in [-0.3, -0.25) is 9.69 Å². The molecule has 128 valence electrons. The van der Waals surface area contributed by atoms with Gasteiger partial charge in [0.05, 0.1) is 27.7 Å². The predicted molar refractivity (Wildman–Crippen MR) is 112 cm³/mol. The zero-order valence-electron chi connectivity index (χ0n) is 13.6. The number of thiocarbonyl (C=S) groups is 1. The highest BCUT2D eigenvalue weighted by Crippen LogP contribution is 2.34. The monoisotopic (exact) mass is 396 g/mol. The first kappa shape index (κ1) is 17.2. The number of halogens is 1. The number of carbonyl (C=O) groups is 1. The van der Waals surface area contributed by atoms with Crippen molar-refractivity contribution in [3.63, 3.8) is 0 Å². The normalized spacial score (nSPS) is 16.0. The van der Waals surface area contributed by atoms with Crippen LogP contribution in [0.25, 0.3) is 17.0 Å². The first-order valence-electron chi connectivity index (χ1n) is 7.96. The van der Waals surface area contributed by atoms with E-state index in [0.717, 1.165) is 16.5 Å². The number of benzene rings is 2. The lowest BCUT2D eigenvalue weighted by molar-refractivity contribution is -0.122. The second-order valence-corrected chi connectivity index (χ2v) is 7.88. The summed E-state index contributed by atoms with van der Waals surface area (Å²) in [4.78, 5) is 19.5. The van der Waals surface area contributed by atoms with E-state index >= 15 is 0 Å². The van der Waals surface area contributed by atoms with Crippen molar-refractivity contribution in [2.45, 2.75) is 6.54 Å². The number of nitrogens with zero attached hydrogens (tertiary/aromatic N) is 2. The number of hydrogen-bond donors (Lipinski definition) is 0. The van der Waals surface area contributed by atoms with E-state index in [2.05, 4.69) is 4.98 Å². The number of hydrogen-bond acceptors (Lipinski definition) is 4. The lowest BCUT2D eigenvalue weighted by Gasteiger charge is -2.14. The van der Waals surface area contributed by atoms with Crippen molar-refractivity contribution < 1.29 is 4.79 Å². The second-order valence-electron chi connectivity index (χ2n) is 5.80. The van der Waals surface area contributed by atoms with E-state index in [1.54, 1.807) is 17.0 Å². The van der Waals surface area contributed by atoms with Gasteiger partial charge in [-0.1, -0.05) is 84.1 Å². The van der Waals surface area contributed by atoms with Crippen LogP contribution in [0.1, 0.15) is 11.3 Å². The Morgan fingerprint density at radius 1 is 1.12 bits per heavy atom. The molecule has 0 saturated carbocycles. The molecule has 2 heterocycles.